The number of aryl methyl sites for hydroxylation is 1. The molecule has 0 saturated carbocycles. The van der Waals surface area contributed by atoms with E-state index in [4.69, 9.17) is 0 Å². The molecule has 0 aliphatic rings. The van der Waals surface area contributed by atoms with Gasteiger partial charge in [-0.05, 0) is 30.7 Å². The summed E-state index contributed by atoms with van der Waals surface area (Å²) in [5, 5.41) is 17.2. The second kappa shape index (κ2) is 7.10. The van der Waals surface area contributed by atoms with Crippen molar-refractivity contribution in [3.63, 3.8) is 0 Å². The molecule has 2 N–H and O–H groups in total. The van der Waals surface area contributed by atoms with Gasteiger partial charge in [0.15, 0.2) is 5.69 Å². The highest BCUT2D eigenvalue weighted by Gasteiger charge is 2.15. The predicted molar refractivity (Wildman–Crippen MR) is 92.0 cm³/mol. The lowest BCUT2D eigenvalue weighted by atomic mass is 10.1. The van der Waals surface area contributed by atoms with E-state index in [9.17, 15) is 9.90 Å². The molecule has 1 heterocycles. The zero-order valence-corrected chi connectivity index (χ0v) is 13.4. The fourth-order valence-corrected chi connectivity index (χ4v) is 2.49. The maximum atomic E-state index is 12.3. The number of nitrogens with one attached hydrogen (secondary N) is 1. The quantitative estimate of drug-likeness (QED) is 0.759. The Balaban J connectivity index is 1.68. The molecule has 0 aliphatic carbocycles. The molecular weight excluding hydrogens is 302 g/mol. The van der Waals surface area contributed by atoms with E-state index in [1.807, 2.05) is 67.6 Å². The summed E-state index contributed by atoms with van der Waals surface area (Å²) in [6.45, 7) is 2.04. The fraction of sp³-hybridized carbons (Fsp3) is 0.158. The molecular formula is C19H19N3O2. The Labute approximate surface area is 140 Å². The molecule has 5 nitrogen and oxygen atoms in total. The first-order valence-corrected chi connectivity index (χ1v) is 7.78. The van der Waals surface area contributed by atoms with Gasteiger partial charge in [-0.3, -0.25) is 4.79 Å². The van der Waals surface area contributed by atoms with Crippen molar-refractivity contribution in [2.24, 2.45) is 0 Å². The zero-order chi connectivity index (χ0) is 16.9. The molecule has 0 unspecified atom stereocenters. The molecule has 0 aliphatic heterocycles. The number of carbonyl (C=O) groups is 1. The van der Waals surface area contributed by atoms with Crippen molar-refractivity contribution in [1.82, 2.24) is 15.1 Å². The molecule has 0 fully saturated rings. The SMILES string of the molecule is Cc1cc(C(=O)NC[C@H](O)c2ccccc2)nn1-c1ccccc1. The second-order valence-corrected chi connectivity index (χ2v) is 5.55. The van der Waals surface area contributed by atoms with Gasteiger partial charge >= 0.3 is 0 Å². The van der Waals surface area contributed by atoms with Crippen molar-refractivity contribution in [3.8, 4) is 5.69 Å². The lowest BCUT2D eigenvalue weighted by Crippen LogP contribution is -2.28. The van der Waals surface area contributed by atoms with Crippen LogP contribution in [0.2, 0.25) is 0 Å². The number of hydrogen-bond acceptors (Lipinski definition) is 3. The normalized spacial score (nSPS) is 11.9. The molecule has 3 rings (SSSR count). The van der Waals surface area contributed by atoms with Gasteiger partial charge in [0.25, 0.3) is 5.91 Å². The van der Waals surface area contributed by atoms with Crippen LogP contribution in [0.3, 0.4) is 0 Å². The second-order valence-electron chi connectivity index (χ2n) is 5.55. The maximum Gasteiger partial charge on any atom is 0.271 e. The number of aliphatic hydroxyl groups excluding tert-OH is 1. The number of nitrogens with zero attached hydrogens (tertiary/aromatic N) is 2. The summed E-state index contributed by atoms with van der Waals surface area (Å²) in [5.41, 5.74) is 2.87. The molecule has 1 aromatic heterocycles. The highest BCUT2D eigenvalue weighted by atomic mass is 16.3. The van der Waals surface area contributed by atoms with Gasteiger partial charge in [0.2, 0.25) is 0 Å². The Morgan fingerprint density at radius 3 is 2.42 bits per heavy atom. The minimum Gasteiger partial charge on any atom is -0.387 e. The standard InChI is InChI=1S/C19H19N3O2/c1-14-12-17(21-22(14)16-10-6-3-7-11-16)19(24)20-13-18(23)15-8-4-2-5-9-15/h2-12,18,23H,13H2,1H3,(H,20,24)/t18-/m0/s1. The summed E-state index contributed by atoms with van der Waals surface area (Å²) in [5.74, 6) is -0.303. The van der Waals surface area contributed by atoms with Gasteiger partial charge in [0.1, 0.15) is 0 Å². The first-order chi connectivity index (χ1) is 11.6. The maximum absolute atomic E-state index is 12.3. The summed E-state index contributed by atoms with van der Waals surface area (Å²) in [6.07, 6.45) is -0.743. The predicted octanol–water partition coefficient (Wildman–Crippen LogP) is 2.64. The van der Waals surface area contributed by atoms with Crippen LogP contribution in [0.1, 0.15) is 27.8 Å². The molecule has 122 valence electrons. The molecule has 0 radical (unpaired) electrons. The number of aromatic nitrogens is 2. The van der Waals surface area contributed by atoms with Crippen LogP contribution < -0.4 is 5.32 Å². The molecule has 5 heteroatoms. The average Bonchev–Trinajstić information content (AvgIpc) is 3.02. The Morgan fingerprint density at radius 2 is 1.75 bits per heavy atom. The number of para-hydroxylation sites is 1. The first-order valence-electron chi connectivity index (χ1n) is 7.78. The van der Waals surface area contributed by atoms with Gasteiger partial charge in [0, 0.05) is 12.2 Å². The van der Waals surface area contributed by atoms with E-state index < -0.39 is 6.10 Å². The van der Waals surface area contributed by atoms with E-state index in [0.717, 1.165) is 16.9 Å². The third kappa shape index (κ3) is 3.52. The Kier molecular flexibility index (Phi) is 4.72. The minimum absolute atomic E-state index is 0.139. The van der Waals surface area contributed by atoms with Gasteiger partial charge in [-0.1, -0.05) is 48.5 Å². The van der Waals surface area contributed by atoms with E-state index in [-0.39, 0.29) is 12.5 Å². The van der Waals surface area contributed by atoms with Crippen molar-refractivity contribution >= 4 is 5.91 Å². The largest absolute Gasteiger partial charge is 0.387 e. The van der Waals surface area contributed by atoms with Crippen LogP contribution in [0.5, 0.6) is 0 Å². The van der Waals surface area contributed by atoms with Gasteiger partial charge < -0.3 is 10.4 Å². The number of aliphatic hydroxyl groups is 1. The minimum atomic E-state index is -0.743. The number of amides is 1. The number of benzene rings is 2. The average molecular weight is 321 g/mol. The third-order valence-electron chi connectivity index (χ3n) is 3.76. The Morgan fingerprint density at radius 1 is 1.12 bits per heavy atom. The van der Waals surface area contributed by atoms with E-state index in [0.29, 0.717) is 5.69 Å². The summed E-state index contributed by atoms with van der Waals surface area (Å²) in [4.78, 5) is 12.3. The van der Waals surface area contributed by atoms with Gasteiger partial charge in [-0.25, -0.2) is 4.68 Å². The van der Waals surface area contributed by atoms with Crippen LogP contribution in [-0.4, -0.2) is 27.3 Å². The molecule has 2 aromatic carbocycles. The van der Waals surface area contributed by atoms with Crippen molar-refractivity contribution < 1.29 is 9.90 Å². The first kappa shape index (κ1) is 16.0. The smallest absolute Gasteiger partial charge is 0.271 e. The van der Waals surface area contributed by atoms with Gasteiger partial charge in [0.05, 0.1) is 11.8 Å². The molecule has 1 amide bonds. The lowest BCUT2D eigenvalue weighted by Gasteiger charge is -2.11. The van der Waals surface area contributed by atoms with E-state index in [2.05, 4.69) is 10.4 Å². The van der Waals surface area contributed by atoms with Crippen LogP contribution in [0.4, 0.5) is 0 Å². The van der Waals surface area contributed by atoms with Crippen molar-refractivity contribution in [3.05, 3.63) is 83.7 Å². The zero-order valence-electron chi connectivity index (χ0n) is 13.4. The van der Waals surface area contributed by atoms with Crippen LogP contribution in [0, 0.1) is 6.92 Å². The molecule has 24 heavy (non-hydrogen) atoms. The molecule has 0 saturated heterocycles. The molecule has 3 aromatic rings. The molecule has 0 spiro atoms. The van der Waals surface area contributed by atoms with Crippen LogP contribution in [0.25, 0.3) is 5.69 Å². The Bertz CT molecular complexity index is 813. The molecule has 0 bridgehead atoms. The van der Waals surface area contributed by atoms with Crippen LogP contribution >= 0.6 is 0 Å². The number of hydrogen-bond donors (Lipinski definition) is 2. The summed E-state index contributed by atoms with van der Waals surface area (Å²) in [6, 6.07) is 20.6. The highest BCUT2D eigenvalue weighted by Crippen LogP contribution is 2.13. The van der Waals surface area contributed by atoms with Crippen LogP contribution in [0.15, 0.2) is 66.7 Å². The van der Waals surface area contributed by atoms with Crippen molar-refractivity contribution in [2.75, 3.05) is 6.54 Å². The Hall–Kier alpha value is -2.92. The van der Waals surface area contributed by atoms with E-state index in [1.54, 1.807) is 10.7 Å². The van der Waals surface area contributed by atoms with Crippen molar-refractivity contribution in [2.45, 2.75) is 13.0 Å². The van der Waals surface area contributed by atoms with E-state index in [1.165, 1.54) is 0 Å². The monoisotopic (exact) mass is 321 g/mol. The van der Waals surface area contributed by atoms with Crippen LogP contribution in [-0.2, 0) is 0 Å². The van der Waals surface area contributed by atoms with E-state index >= 15 is 0 Å². The van der Waals surface area contributed by atoms with Gasteiger partial charge in [-0.15, -0.1) is 0 Å². The molecule has 1 atom stereocenters. The summed E-state index contributed by atoms with van der Waals surface area (Å²) in [7, 11) is 0. The number of rotatable bonds is 5. The topological polar surface area (TPSA) is 67.2 Å². The summed E-state index contributed by atoms with van der Waals surface area (Å²) >= 11 is 0. The highest BCUT2D eigenvalue weighted by molar-refractivity contribution is 5.92. The fourth-order valence-electron chi connectivity index (χ4n) is 2.49. The van der Waals surface area contributed by atoms with Crippen molar-refractivity contribution in [1.29, 1.82) is 0 Å². The lowest BCUT2D eigenvalue weighted by molar-refractivity contribution is 0.0911. The van der Waals surface area contributed by atoms with Gasteiger partial charge in [-0.2, -0.15) is 5.10 Å². The number of carbonyl (C=O) groups excluding carboxylic acids is 1. The third-order valence-corrected chi connectivity index (χ3v) is 3.76. The summed E-state index contributed by atoms with van der Waals surface area (Å²) < 4.78 is 1.72.